The van der Waals surface area contributed by atoms with Gasteiger partial charge in [0, 0.05) is 0 Å². The summed E-state index contributed by atoms with van der Waals surface area (Å²) in [5, 5.41) is 0. The Balaban J connectivity index is 1.69. The van der Waals surface area contributed by atoms with Gasteiger partial charge in [0.15, 0.2) is 0 Å². The number of amides is 2. The Kier molecular flexibility index (Phi) is 4.39. The minimum Gasteiger partial charge on any atom is -0.269 e. The molecule has 1 aliphatic carbocycles. The fourth-order valence-corrected chi connectivity index (χ4v) is 4.30. The van der Waals surface area contributed by atoms with Crippen LogP contribution in [0.15, 0.2) is 54.6 Å². The van der Waals surface area contributed by atoms with E-state index in [2.05, 4.69) is 0 Å². The Morgan fingerprint density at radius 2 is 1.36 bits per heavy atom. The van der Waals surface area contributed by atoms with E-state index in [0.29, 0.717) is 17.0 Å². The van der Waals surface area contributed by atoms with Gasteiger partial charge in [-0.25, -0.2) is 0 Å². The van der Waals surface area contributed by atoms with E-state index in [0.717, 1.165) is 12.0 Å². The van der Waals surface area contributed by atoms with E-state index in [-0.39, 0.29) is 17.9 Å². The van der Waals surface area contributed by atoms with Crippen LogP contribution in [0.25, 0.3) is 0 Å². The Morgan fingerprint density at radius 1 is 0.800 bits per heavy atom. The average Bonchev–Trinajstić information content (AvgIpc) is 2.93. The van der Waals surface area contributed by atoms with Crippen LogP contribution in [-0.4, -0.2) is 16.7 Å². The first kappa shape index (κ1) is 16.1. The van der Waals surface area contributed by atoms with Crippen molar-refractivity contribution in [3.63, 3.8) is 0 Å². The number of carbonyl (C=O) groups excluding carboxylic acids is 2. The number of fused-ring (bicyclic) bond motifs is 1. The van der Waals surface area contributed by atoms with Crippen LogP contribution in [-0.2, 0) is 0 Å². The SMILES string of the molecule is O=C1c2ccccc2C(=O)N1C(CC1CCCCC1)c1ccccc1. The number of carbonyl (C=O) groups is 2. The maximum absolute atomic E-state index is 13.0. The number of benzene rings is 2. The molecular weight excluding hydrogens is 310 g/mol. The number of imide groups is 1. The average molecular weight is 333 g/mol. The molecule has 1 fully saturated rings. The van der Waals surface area contributed by atoms with Gasteiger partial charge in [-0.3, -0.25) is 14.5 Å². The second-order valence-corrected chi connectivity index (χ2v) is 7.19. The number of hydrogen-bond donors (Lipinski definition) is 0. The van der Waals surface area contributed by atoms with E-state index in [1.165, 1.54) is 37.0 Å². The smallest absolute Gasteiger partial charge is 0.262 e. The Bertz CT molecular complexity index is 743. The fourth-order valence-electron chi connectivity index (χ4n) is 4.30. The quantitative estimate of drug-likeness (QED) is 0.739. The van der Waals surface area contributed by atoms with E-state index >= 15 is 0 Å². The van der Waals surface area contributed by atoms with Crippen molar-refractivity contribution < 1.29 is 9.59 Å². The topological polar surface area (TPSA) is 37.4 Å². The van der Waals surface area contributed by atoms with Gasteiger partial charge >= 0.3 is 0 Å². The predicted molar refractivity (Wildman–Crippen MR) is 97.3 cm³/mol. The molecule has 1 unspecified atom stereocenters. The lowest BCUT2D eigenvalue weighted by atomic mass is 9.83. The molecule has 0 saturated heterocycles. The number of nitrogens with zero attached hydrogens (tertiary/aromatic N) is 1. The summed E-state index contributed by atoms with van der Waals surface area (Å²) in [6.45, 7) is 0. The van der Waals surface area contributed by atoms with Crippen LogP contribution in [0.4, 0.5) is 0 Å². The molecule has 128 valence electrons. The van der Waals surface area contributed by atoms with Crippen molar-refractivity contribution in [1.82, 2.24) is 4.90 Å². The van der Waals surface area contributed by atoms with E-state index in [1.807, 2.05) is 42.5 Å². The largest absolute Gasteiger partial charge is 0.269 e. The highest BCUT2D eigenvalue weighted by molar-refractivity contribution is 6.21. The Hall–Kier alpha value is -2.42. The fraction of sp³-hybridized carbons (Fsp3) is 0.364. The van der Waals surface area contributed by atoms with Crippen molar-refractivity contribution >= 4 is 11.8 Å². The van der Waals surface area contributed by atoms with E-state index in [9.17, 15) is 9.59 Å². The Morgan fingerprint density at radius 3 is 1.96 bits per heavy atom. The third-order valence-corrected chi connectivity index (χ3v) is 5.60. The molecule has 0 N–H and O–H groups in total. The molecule has 3 heteroatoms. The molecule has 1 aliphatic heterocycles. The highest BCUT2D eigenvalue weighted by atomic mass is 16.2. The van der Waals surface area contributed by atoms with Crippen LogP contribution in [0.5, 0.6) is 0 Å². The molecular formula is C22H23NO2. The van der Waals surface area contributed by atoms with Crippen LogP contribution >= 0.6 is 0 Å². The first-order valence-electron chi connectivity index (χ1n) is 9.27. The molecule has 1 saturated carbocycles. The summed E-state index contributed by atoms with van der Waals surface area (Å²) in [7, 11) is 0. The van der Waals surface area contributed by atoms with Crippen LogP contribution < -0.4 is 0 Å². The zero-order chi connectivity index (χ0) is 17.2. The third-order valence-electron chi connectivity index (χ3n) is 5.60. The zero-order valence-electron chi connectivity index (χ0n) is 14.4. The maximum atomic E-state index is 13.0. The van der Waals surface area contributed by atoms with E-state index in [1.54, 1.807) is 12.1 Å². The first-order valence-corrected chi connectivity index (χ1v) is 9.27. The van der Waals surface area contributed by atoms with Crippen molar-refractivity contribution in [2.45, 2.75) is 44.6 Å². The lowest BCUT2D eigenvalue weighted by Gasteiger charge is -2.32. The molecule has 2 aliphatic rings. The van der Waals surface area contributed by atoms with Gasteiger partial charge in [-0.05, 0) is 30.0 Å². The lowest BCUT2D eigenvalue weighted by Crippen LogP contribution is -2.35. The highest BCUT2D eigenvalue weighted by Gasteiger charge is 2.41. The van der Waals surface area contributed by atoms with Gasteiger partial charge in [-0.2, -0.15) is 0 Å². The molecule has 2 amide bonds. The molecule has 0 spiro atoms. The Labute approximate surface area is 148 Å². The zero-order valence-corrected chi connectivity index (χ0v) is 14.4. The van der Waals surface area contributed by atoms with Crippen molar-refractivity contribution in [2.24, 2.45) is 5.92 Å². The summed E-state index contributed by atoms with van der Waals surface area (Å²) >= 11 is 0. The monoisotopic (exact) mass is 333 g/mol. The van der Waals surface area contributed by atoms with Gasteiger partial charge in [0.25, 0.3) is 11.8 Å². The standard InChI is InChI=1S/C22H23NO2/c24-21-18-13-7-8-14-19(18)22(25)23(21)20(17-11-5-2-6-12-17)15-16-9-3-1-4-10-16/h2,5-8,11-14,16,20H,1,3-4,9-10,15H2. The van der Waals surface area contributed by atoms with Gasteiger partial charge in [-0.15, -0.1) is 0 Å². The summed E-state index contributed by atoms with van der Waals surface area (Å²) in [6, 6.07) is 17.0. The van der Waals surface area contributed by atoms with Gasteiger partial charge in [0.1, 0.15) is 0 Å². The van der Waals surface area contributed by atoms with Crippen LogP contribution in [0.1, 0.15) is 70.8 Å². The maximum Gasteiger partial charge on any atom is 0.262 e. The normalized spacial score (nSPS) is 19.1. The predicted octanol–water partition coefficient (Wildman–Crippen LogP) is 4.99. The van der Waals surface area contributed by atoms with Crippen LogP contribution in [0, 0.1) is 5.92 Å². The lowest BCUT2D eigenvalue weighted by molar-refractivity contribution is 0.0552. The van der Waals surface area contributed by atoms with Crippen molar-refractivity contribution in [3.05, 3.63) is 71.3 Å². The van der Waals surface area contributed by atoms with Crippen LogP contribution in [0.3, 0.4) is 0 Å². The molecule has 1 heterocycles. The molecule has 2 aromatic rings. The van der Waals surface area contributed by atoms with Crippen molar-refractivity contribution in [3.8, 4) is 0 Å². The highest BCUT2D eigenvalue weighted by Crippen LogP contribution is 2.38. The third kappa shape index (κ3) is 2.99. The summed E-state index contributed by atoms with van der Waals surface area (Å²) in [5.41, 5.74) is 2.14. The molecule has 1 atom stereocenters. The summed E-state index contributed by atoms with van der Waals surface area (Å²) in [4.78, 5) is 27.4. The van der Waals surface area contributed by atoms with Gasteiger partial charge in [-0.1, -0.05) is 74.6 Å². The van der Waals surface area contributed by atoms with E-state index < -0.39 is 0 Å². The second-order valence-electron chi connectivity index (χ2n) is 7.19. The van der Waals surface area contributed by atoms with Gasteiger partial charge in [0.2, 0.25) is 0 Å². The van der Waals surface area contributed by atoms with Crippen molar-refractivity contribution in [1.29, 1.82) is 0 Å². The van der Waals surface area contributed by atoms with Gasteiger partial charge < -0.3 is 0 Å². The number of rotatable bonds is 4. The molecule has 0 aromatic heterocycles. The molecule has 0 bridgehead atoms. The van der Waals surface area contributed by atoms with Crippen molar-refractivity contribution in [2.75, 3.05) is 0 Å². The summed E-state index contributed by atoms with van der Waals surface area (Å²) in [6.07, 6.45) is 7.09. The minimum atomic E-state index is -0.170. The minimum absolute atomic E-state index is 0.148. The first-order chi connectivity index (χ1) is 12.3. The van der Waals surface area contributed by atoms with Gasteiger partial charge in [0.05, 0.1) is 17.2 Å². The molecule has 0 radical (unpaired) electrons. The molecule has 25 heavy (non-hydrogen) atoms. The summed E-state index contributed by atoms with van der Waals surface area (Å²) in [5.74, 6) is 0.291. The second kappa shape index (κ2) is 6.83. The molecule has 2 aromatic carbocycles. The van der Waals surface area contributed by atoms with Crippen LogP contribution in [0.2, 0.25) is 0 Å². The number of hydrogen-bond acceptors (Lipinski definition) is 2. The van der Waals surface area contributed by atoms with E-state index in [4.69, 9.17) is 0 Å². The molecule has 3 nitrogen and oxygen atoms in total. The summed E-state index contributed by atoms with van der Waals surface area (Å²) < 4.78 is 0. The molecule has 4 rings (SSSR count).